The number of primary amides is 1. The second-order valence-electron chi connectivity index (χ2n) is 5.67. The highest BCUT2D eigenvalue weighted by Crippen LogP contribution is 2.33. The first-order valence-corrected chi connectivity index (χ1v) is 7.68. The van der Waals surface area contributed by atoms with Crippen LogP contribution in [0.3, 0.4) is 0 Å². The van der Waals surface area contributed by atoms with Crippen molar-refractivity contribution >= 4 is 23.2 Å². The van der Waals surface area contributed by atoms with E-state index < -0.39 is 12.0 Å². The zero-order valence-corrected chi connectivity index (χ0v) is 13.4. The number of nitrogens with zero attached hydrogens (tertiary/aromatic N) is 2. The van der Waals surface area contributed by atoms with Gasteiger partial charge in [-0.25, -0.2) is 0 Å². The third-order valence-electron chi connectivity index (χ3n) is 3.96. The fourth-order valence-electron chi connectivity index (χ4n) is 2.68. The maximum Gasteiger partial charge on any atom is 0.260 e. The van der Waals surface area contributed by atoms with Crippen LogP contribution < -0.4 is 20.3 Å². The average molecular weight is 325 g/mol. The van der Waals surface area contributed by atoms with Crippen molar-refractivity contribution in [3.05, 3.63) is 54.6 Å². The summed E-state index contributed by atoms with van der Waals surface area (Å²) in [7, 11) is 1.85. The van der Waals surface area contributed by atoms with Gasteiger partial charge in [0.05, 0.1) is 18.8 Å². The van der Waals surface area contributed by atoms with E-state index in [2.05, 4.69) is 0 Å². The number of carbonyl (C=O) groups is 2. The monoisotopic (exact) mass is 325 g/mol. The molecule has 24 heavy (non-hydrogen) atoms. The van der Waals surface area contributed by atoms with Crippen LogP contribution in [-0.4, -0.2) is 38.1 Å². The van der Waals surface area contributed by atoms with Crippen molar-refractivity contribution in [2.24, 2.45) is 5.73 Å². The van der Waals surface area contributed by atoms with Gasteiger partial charge in [-0.2, -0.15) is 0 Å². The lowest BCUT2D eigenvalue weighted by Crippen LogP contribution is -2.51. The molecule has 1 aliphatic heterocycles. The summed E-state index contributed by atoms with van der Waals surface area (Å²) in [5, 5.41) is 0. The van der Waals surface area contributed by atoms with Gasteiger partial charge in [-0.1, -0.05) is 30.3 Å². The van der Waals surface area contributed by atoms with E-state index in [-0.39, 0.29) is 19.0 Å². The highest BCUT2D eigenvalue weighted by molar-refractivity contribution is 5.99. The molecule has 0 unspecified atom stereocenters. The molecule has 0 bridgehead atoms. The van der Waals surface area contributed by atoms with E-state index in [4.69, 9.17) is 10.5 Å². The number of carbonyl (C=O) groups excluding carboxylic acids is 2. The zero-order chi connectivity index (χ0) is 17.1. The Kier molecular flexibility index (Phi) is 4.37. The third-order valence-corrected chi connectivity index (χ3v) is 3.96. The fourth-order valence-corrected chi connectivity index (χ4v) is 2.68. The molecule has 1 atom stereocenters. The van der Waals surface area contributed by atoms with Crippen LogP contribution in [0.1, 0.15) is 0 Å². The minimum Gasteiger partial charge on any atom is -0.477 e. The van der Waals surface area contributed by atoms with Gasteiger partial charge >= 0.3 is 0 Å². The minimum atomic E-state index is -0.842. The van der Waals surface area contributed by atoms with Crippen LogP contribution in [0, 0.1) is 0 Å². The lowest BCUT2D eigenvalue weighted by atomic mass is 10.1. The summed E-state index contributed by atoms with van der Waals surface area (Å²) in [5.74, 6) is -0.217. The Morgan fingerprint density at radius 3 is 2.54 bits per heavy atom. The second kappa shape index (κ2) is 6.62. The Labute approximate surface area is 140 Å². The van der Waals surface area contributed by atoms with Crippen molar-refractivity contribution in [3.63, 3.8) is 0 Å². The Morgan fingerprint density at radius 2 is 1.83 bits per heavy atom. The predicted molar refractivity (Wildman–Crippen MR) is 92.1 cm³/mol. The van der Waals surface area contributed by atoms with Gasteiger partial charge < -0.3 is 20.3 Å². The molecule has 2 aromatic rings. The van der Waals surface area contributed by atoms with Gasteiger partial charge in [-0.3, -0.25) is 9.59 Å². The number of hydrogen-bond donors (Lipinski definition) is 1. The molecule has 0 saturated carbocycles. The van der Waals surface area contributed by atoms with Crippen molar-refractivity contribution < 1.29 is 14.3 Å². The number of benzene rings is 2. The molecule has 124 valence electrons. The van der Waals surface area contributed by atoms with Crippen LogP contribution >= 0.6 is 0 Å². The smallest absolute Gasteiger partial charge is 0.260 e. The van der Waals surface area contributed by atoms with E-state index in [0.29, 0.717) is 11.4 Å². The molecule has 2 aromatic carbocycles. The normalized spacial score (nSPS) is 16.0. The maximum absolute atomic E-state index is 12.8. The topological polar surface area (TPSA) is 75.9 Å². The third kappa shape index (κ3) is 3.17. The SMILES string of the molecule is CN(CC(=O)N1C[C@H](C(N)=O)Oc2ccccc21)c1ccccc1. The summed E-state index contributed by atoms with van der Waals surface area (Å²) in [5.41, 5.74) is 6.96. The van der Waals surface area contributed by atoms with Gasteiger partial charge in [0.25, 0.3) is 5.91 Å². The first kappa shape index (κ1) is 15.9. The number of ether oxygens (including phenoxy) is 1. The number of rotatable bonds is 4. The van der Waals surface area contributed by atoms with E-state index >= 15 is 0 Å². The van der Waals surface area contributed by atoms with Crippen molar-refractivity contribution in [2.45, 2.75) is 6.10 Å². The van der Waals surface area contributed by atoms with Crippen molar-refractivity contribution in [2.75, 3.05) is 29.9 Å². The summed E-state index contributed by atoms with van der Waals surface area (Å²) in [6, 6.07) is 16.8. The van der Waals surface area contributed by atoms with Gasteiger partial charge in [-0.05, 0) is 24.3 Å². The van der Waals surface area contributed by atoms with Crippen LogP contribution in [0.5, 0.6) is 5.75 Å². The molecule has 0 spiro atoms. The van der Waals surface area contributed by atoms with Gasteiger partial charge in [0, 0.05) is 12.7 Å². The quantitative estimate of drug-likeness (QED) is 0.922. The first-order valence-electron chi connectivity index (χ1n) is 7.68. The number of hydrogen-bond acceptors (Lipinski definition) is 4. The molecule has 0 radical (unpaired) electrons. The van der Waals surface area contributed by atoms with E-state index in [1.165, 1.54) is 0 Å². The second-order valence-corrected chi connectivity index (χ2v) is 5.67. The molecule has 2 N–H and O–H groups in total. The molecule has 6 nitrogen and oxygen atoms in total. The molecule has 1 heterocycles. The predicted octanol–water partition coefficient (Wildman–Crippen LogP) is 1.40. The molecule has 6 heteroatoms. The number of fused-ring (bicyclic) bond motifs is 1. The molecule has 0 fully saturated rings. The standard InChI is InChI=1S/C18H19N3O3/c1-20(13-7-3-2-4-8-13)12-17(22)21-11-16(18(19)23)24-15-10-6-5-9-14(15)21/h2-10,16H,11-12H2,1H3,(H2,19,23)/t16-/m1/s1. The molecule has 2 amide bonds. The molecule has 3 rings (SSSR count). The largest absolute Gasteiger partial charge is 0.477 e. The number of nitrogens with two attached hydrogens (primary N) is 1. The van der Waals surface area contributed by atoms with Gasteiger partial charge in [0.1, 0.15) is 5.75 Å². The van der Waals surface area contributed by atoms with Crippen molar-refractivity contribution in [1.29, 1.82) is 0 Å². The molecular formula is C18H19N3O3. The maximum atomic E-state index is 12.8. The van der Waals surface area contributed by atoms with Crippen LogP contribution in [0.15, 0.2) is 54.6 Å². The van der Waals surface area contributed by atoms with Crippen LogP contribution in [0.25, 0.3) is 0 Å². The van der Waals surface area contributed by atoms with Crippen LogP contribution in [0.4, 0.5) is 11.4 Å². The lowest BCUT2D eigenvalue weighted by molar-refractivity contribution is -0.125. The number of para-hydroxylation sites is 3. The van der Waals surface area contributed by atoms with Gasteiger partial charge in [-0.15, -0.1) is 0 Å². The van der Waals surface area contributed by atoms with Gasteiger partial charge in [0.2, 0.25) is 5.91 Å². The van der Waals surface area contributed by atoms with Crippen molar-refractivity contribution in [3.8, 4) is 5.75 Å². The number of likely N-dealkylation sites (N-methyl/N-ethyl adjacent to an activating group) is 1. The van der Waals surface area contributed by atoms with E-state index in [1.807, 2.05) is 48.3 Å². The molecular weight excluding hydrogens is 306 g/mol. The fraction of sp³-hybridized carbons (Fsp3) is 0.222. The zero-order valence-electron chi connectivity index (χ0n) is 13.4. The van der Waals surface area contributed by atoms with Gasteiger partial charge in [0.15, 0.2) is 6.10 Å². The highest BCUT2D eigenvalue weighted by atomic mass is 16.5. The Bertz CT molecular complexity index is 748. The van der Waals surface area contributed by atoms with Crippen LogP contribution in [0.2, 0.25) is 0 Å². The summed E-state index contributed by atoms with van der Waals surface area (Å²) in [6.07, 6.45) is -0.842. The minimum absolute atomic E-state index is 0.119. The Hall–Kier alpha value is -3.02. The summed E-state index contributed by atoms with van der Waals surface area (Å²) in [4.78, 5) is 27.7. The van der Waals surface area contributed by atoms with E-state index in [1.54, 1.807) is 23.1 Å². The highest BCUT2D eigenvalue weighted by Gasteiger charge is 2.32. The van der Waals surface area contributed by atoms with E-state index in [0.717, 1.165) is 5.69 Å². The molecule has 0 aromatic heterocycles. The number of anilines is 2. The average Bonchev–Trinajstić information content (AvgIpc) is 2.61. The number of amides is 2. The molecule has 1 aliphatic rings. The lowest BCUT2D eigenvalue weighted by Gasteiger charge is -2.34. The Balaban J connectivity index is 1.82. The first-order chi connectivity index (χ1) is 11.6. The Morgan fingerprint density at radius 1 is 1.17 bits per heavy atom. The summed E-state index contributed by atoms with van der Waals surface area (Å²) < 4.78 is 5.58. The molecule has 0 aliphatic carbocycles. The van der Waals surface area contributed by atoms with Crippen LogP contribution in [-0.2, 0) is 9.59 Å². The molecule has 0 saturated heterocycles. The van der Waals surface area contributed by atoms with Crippen molar-refractivity contribution in [1.82, 2.24) is 0 Å². The van der Waals surface area contributed by atoms with E-state index in [9.17, 15) is 9.59 Å². The summed E-state index contributed by atoms with van der Waals surface area (Å²) >= 11 is 0. The summed E-state index contributed by atoms with van der Waals surface area (Å²) in [6.45, 7) is 0.303.